The van der Waals surface area contributed by atoms with Crippen molar-refractivity contribution in [3.8, 4) is 0 Å². The number of rotatable bonds is 4. The second kappa shape index (κ2) is 6.50. The standard InChI is InChI=1S/C13H18FN3O3S/c14-10-1-3-12(4-2-10)21(19,20)16-11-5-7-17(8-6-11)13(18)9-15/h1-4,11,16H,5-9,15H2. The van der Waals surface area contributed by atoms with Gasteiger partial charge in [-0.3, -0.25) is 4.79 Å². The second-order valence-corrected chi connectivity index (χ2v) is 6.65. The Labute approximate surface area is 123 Å². The highest BCUT2D eigenvalue weighted by molar-refractivity contribution is 7.89. The molecule has 0 radical (unpaired) electrons. The average molecular weight is 315 g/mol. The topological polar surface area (TPSA) is 92.5 Å². The van der Waals surface area contributed by atoms with Crippen LogP contribution < -0.4 is 10.5 Å². The number of amides is 1. The Bertz CT molecular complexity index is 596. The van der Waals surface area contributed by atoms with E-state index < -0.39 is 15.8 Å². The highest BCUT2D eigenvalue weighted by Gasteiger charge is 2.26. The summed E-state index contributed by atoms with van der Waals surface area (Å²) in [5.41, 5.74) is 5.29. The lowest BCUT2D eigenvalue weighted by atomic mass is 10.1. The first-order chi connectivity index (χ1) is 9.92. The van der Waals surface area contributed by atoms with Gasteiger partial charge in [-0.2, -0.15) is 0 Å². The smallest absolute Gasteiger partial charge is 0.240 e. The zero-order valence-electron chi connectivity index (χ0n) is 11.5. The first-order valence-electron chi connectivity index (χ1n) is 6.68. The Kier molecular flexibility index (Phi) is 4.92. The highest BCUT2D eigenvalue weighted by atomic mass is 32.2. The van der Waals surface area contributed by atoms with Crippen LogP contribution in [0.1, 0.15) is 12.8 Å². The van der Waals surface area contributed by atoms with Gasteiger partial charge in [0.2, 0.25) is 15.9 Å². The van der Waals surface area contributed by atoms with Gasteiger partial charge < -0.3 is 10.6 Å². The quantitative estimate of drug-likeness (QED) is 0.821. The van der Waals surface area contributed by atoms with E-state index in [1.54, 1.807) is 4.90 Å². The fourth-order valence-electron chi connectivity index (χ4n) is 2.28. The van der Waals surface area contributed by atoms with Crippen molar-refractivity contribution < 1.29 is 17.6 Å². The zero-order valence-corrected chi connectivity index (χ0v) is 12.3. The van der Waals surface area contributed by atoms with E-state index in [4.69, 9.17) is 5.73 Å². The van der Waals surface area contributed by atoms with Gasteiger partial charge >= 0.3 is 0 Å². The number of benzene rings is 1. The molecule has 1 aliphatic rings. The number of hydrogen-bond donors (Lipinski definition) is 2. The van der Waals surface area contributed by atoms with Crippen LogP contribution in [-0.2, 0) is 14.8 Å². The van der Waals surface area contributed by atoms with E-state index in [2.05, 4.69) is 4.72 Å². The molecule has 0 unspecified atom stereocenters. The molecule has 8 heteroatoms. The Morgan fingerprint density at radius 2 is 1.86 bits per heavy atom. The monoisotopic (exact) mass is 315 g/mol. The van der Waals surface area contributed by atoms with Crippen molar-refractivity contribution in [1.82, 2.24) is 9.62 Å². The molecule has 1 aromatic carbocycles. The van der Waals surface area contributed by atoms with Crippen molar-refractivity contribution >= 4 is 15.9 Å². The third-order valence-electron chi connectivity index (χ3n) is 3.47. The lowest BCUT2D eigenvalue weighted by Gasteiger charge is -2.32. The number of halogens is 1. The molecule has 3 N–H and O–H groups in total. The number of nitrogens with one attached hydrogen (secondary N) is 1. The second-order valence-electron chi connectivity index (χ2n) is 4.93. The van der Waals surface area contributed by atoms with Crippen LogP contribution in [0.25, 0.3) is 0 Å². The summed E-state index contributed by atoms with van der Waals surface area (Å²) in [4.78, 5) is 13.1. The first kappa shape index (κ1) is 15.9. The lowest BCUT2D eigenvalue weighted by molar-refractivity contribution is -0.130. The Morgan fingerprint density at radius 1 is 1.29 bits per heavy atom. The molecule has 0 spiro atoms. The van der Waals surface area contributed by atoms with Crippen molar-refractivity contribution in [2.24, 2.45) is 5.73 Å². The number of likely N-dealkylation sites (tertiary alicyclic amines) is 1. The molecule has 1 aromatic rings. The van der Waals surface area contributed by atoms with Gasteiger partial charge in [-0.25, -0.2) is 17.5 Å². The number of sulfonamides is 1. The first-order valence-corrected chi connectivity index (χ1v) is 8.16. The molecule has 0 bridgehead atoms. The molecule has 0 aliphatic carbocycles. The molecular formula is C13H18FN3O3S. The third-order valence-corrected chi connectivity index (χ3v) is 5.00. The summed E-state index contributed by atoms with van der Waals surface area (Å²) in [6, 6.07) is 4.44. The van der Waals surface area contributed by atoms with Crippen molar-refractivity contribution in [1.29, 1.82) is 0 Å². The maximum absolute atomic E-state index is 12.8. The van der Waals surface area contributed by atoms with E-state index in [1.807, 2.05) is 0 Å². The minimum atomic E-state index is -3.66. The Hall–Kier alpha value is -1.51. The normalized spacial score (nSPS) is 17.0. The molecule has 21 heavy (non-hydrogen) atoms. The van der Waals surface area contributed by atoms with E-state index in [-0.39, 0.29) is 23.4 Å². The van der Waals surface area contributed by atoms with Crippen LogP contribution in [0.2, 0.25) is 0 Å². The van der Waals surface area contributed by atoms with Gasteiger partial charge in [-0.05, 0) is 37.1 Å². The number of piperidine rings is 1. The van der Waals surface area contributed by atoms with Gasteiger partial charge in [-0.15, -0.1) is 0 Å². The van der Waals surface area contributed by atoms with E-state index in [9.17, 15) is 17.6 Å². The molecule has 116 valence electrons. The van der Waals surface area contributed by atoms with Crippen molar-refractivity contribution in [2.45, 2.75) is 23.8 Å². The molecule has 1 amide bonds. The van der Waals surface area contributed by atoms with E-state index in [0.29, 0.717) is 25.9 Å². The summed E-state index contributed by atoms with van der Waals surface area (Å²) in [5.74, 6) is -0.614. The number of nitrogens with zero attached hydrogens (tertiary/aromatic N) is 1. The summed E-state index contributed by atoms with van der Waals surface area (Å²) in [7, 11) is -3.66. The number of carbonyl (C=O) groups excluding carboxylic acids is 1. The fraction of sp³-hybridized carbons (Fsp3) is 0.462. The molecule has 1 fully saturated rings. The predicted octanol–water partition coefficient (Wildman–Crippen LogP) is 0.0537. The molecule has 2 rings (SSSR count). The van der Waals surface area contributed by atoms with Crippen molar-refractivity contribution in [3.63, 3.8) is 0 Å². The maximum atomic E-state index is 12.8. The van der Waals surface area contributed by atoms with Gasteiger partial charge in [0.15, 0.2) is 0 Å². The van der Waals surface area contributed by atoms with Crippen LogP contribution in [0.4, 0.5) is 4.39 Å². The van der Waals surface area contributed by atoms with Gasteiger partial charge in [-0.1, -0.05) is 0 Å². The molecule has 6 nitrogen and oxygen atoms in total. The van der Waals surface area contributed by atoms with Crippen LogP contribution >= 0.6 is 0 Å². The van der Waals surface area contributed by atoms with Gasteiger partial charge in [0.1, 0.15) is 5.82 Å². The van der Waals surface area contributed by atoms with Gasteiger partial charge in [0, 0.05) is 19.1 Å². The van der Waals surface area contributed by atoms with Gasteiger partial charge in [0.05, 0.1) is 11.4 Å². The van der Waals surface area contributed by atoms with E-state index in [1.165, 1.54) is 12.1 Å². The molecule has 1 saturated heterocycles. The minimum absolute atomic E-state index is 0.0318. The lowest BCUT2D eigenvalue weighted by Crippen LogP contribution is -2.47. The molecule has 0 aromatic heterocycles. The summed E-state index contributed by atoms with van der Waals surface area (Å²) in [6.07, 6.45) is 1.07. The van der Waals surface area contributed by atoms with Crippen molar-refractivity contribution in [3.05, 3.63) is 30.1 Å². The van der Waals surface area contributed by atoms with Crippen LogP contribution in [0, 0.1) is 5.82 Å². The van der Waals surface area contributed by atoms with Crippen LogP contribution in [-0.4, -0.2) is 44.9 Å². The zero-order chi connectivity index (χ0) is 15.5. The third kappa shape index (κ3) is 3.99. The highest BCUT2D eigenvalue weighted by Crippen LogP contribution is 2.15. The van der Waals surface area contributed by atoms with Crippen molar-refractivity contribution in [2.75, 3.05) is 19.6 Å². The predicted molar refractivity (Wildman–Crippen MR) is 75.4 cm³/mol. The minimum Gasteiger partial charge on any atom is -0.341 e. The number of nitrogens with two attached hydrogens (primary N) is 1. The largest absolute Gasteiger partial charge is 0.341 e. The molecule has 1 heterocycles. The maximum Gasteiger partial charge on any atom is 0.240 e. The molecular weight excluding hydrogens is 297 g/mol. The number of carbonyl (C=O) groups is 1. The summed E-state index contributed by atoms with van der Waals surface area (Å²) in [6.45, 7) is 0.922. The van der Waals surface area contributed by atoms with Crippen LogP contribution in [0.3, 0.4) is 0 Å². The Morgan fingerprint density at radius 3 is 2.38 bits per heavy atom. The summed E-state index contributed by atoms with van der Waals surface area (Å²) < 4.78 is 39.7. The summed E-state index contributed by atoms with van der Waals surface area (Å²) >= 11 is 0. The average Bonchev–Trinajstić information content (AvgIpc) is 2.47. The van der Waals surface area contributed by atoms with E-state index in [0.717, 1.165) is 12.1 Å². The SMILES string of the molecule is NCC(=O)N1CCC(NS(=O)(=O)c2ccc(F)cc2)CC1. The molecule has 1 aliphatic heterocycles. The molecule has 0 atom stereocenters. The number of hydrogen-bond acceptors (Lipinski definition) is 4. The van der Waals surface area contributed by atoms with Crippen LogP contribution in [0.15, 0.2) is 29.2 Å². The van der Waals surface area contributed by atoms with E-state index >= 15 is 0 Å². The Balaban J connectivity index is 1.96. The molecule has 0 saturated carbocycles. The summed E-state index contributed by atoms with van der Waals surface area (Å²) in [5, 5.41) is 0. The van der Waals surface area contributed by atoms with Gasteiger partial charge in [0.25, 0.3) is 0 Å². The fourth-order valence-corrected chi connectivity index (χ4v) is 3.58. The van der Waals surface area contributed by atoms with Crippen LogP contribution in [0.5, 0.6) is 0 Å².